The Kier molecular flexibility index (Phi) is 5.25. The summed E-state index contributed by atoms with van der Waals surface area (Å²) in [7, 11) is 0. The molecule has 0 radical (unpaired) electrons. The third-order valence-electron chi connectivity index (χ3n) is 4.08. The number of amidine groups is 1. The predicted octanol–water partition coefficient (Wildman–Crippen LogP) is 2.27. The molecule has 1 aliphatic rings. The number of hydrogen-bond donors (Lipinski definition) is 3. The van der Waals surface area contributed by atoms with Crippen LogP contribution in [0.4, 0.5) is 0 Å². The maximum absolute atomic E-state index is 12.3. The highest BCUT2D eigenvalue weighted by Crippen LogP contribution is 2.27. The van der Waals surface area contributed by atoms with Gasteiger partial charge in [0.1, 0.15) is 5.76 Å². The lowest BCUT2D eigenvalue weighted by Gasteiger charge is -2.29. The van der Waals surface area contributed by atoms with E-state index in [1.807, 2.05) is 6.92 Å². The zero-order valence-corrected chi connectivity index (χ0v) is 12.3. The minimum Gasteiger partial charge on any atom is -0.456 e. The quantitative estimate of drug-likeness (QED) is 0.335. The van der Waals surface area contributed by atoms with Gasteiger partial charge in [-0.3, -0.25) is 4.79 Å². The summed E-state index contributed by atoms with van der Waals surface area (Å²) in [6, 6.07) is 2.99. The third kappa shape index (κ3) is 3.77. The number of hydrogen-bond acceptors (Lipinski definition) is 4. The largest absolute Gasteiger partial charge is 0.456 e. The molecule has 6 nitrogen and oxygen atoms in total. The molecule has 0 saturated heterocycles. The van der Waals surface area contributed by atoms with E-state index >= 15 is 0 Å². The van der Waals surface area contributed by atoms with Crippen molar-refractivity contribution < 1.29 is 14.4 Å². The van der Waals surface area contributed by atoms with Crippen LogP contribution < -0.4 is 11.1 Å². The number of aryl methyl sites for hydroxylation is 1. The Morgan fingerprint density at radius 2 is 2.19 bits per heavy atom. The zero-order chi connectivity index (χ0) is 15.2. The van der Waals surface area contributed by atoms with Gasteiger partial charge in [0.2, 0.25) is 0 Å². The normalized spacial score (nSPS) is 18.4. The van der Waals surface area contributed by atoms with E-state index in [9.17, 15) is 4.79 Å². The van der Waals surface area contributed by atoms with Crippen molar-refractivity contribution in [1.29, 1.82) is 0 Å². The van der Waals surface area contributed by atoms with Gasteiger partial charge in [0.05, 0.1) is 6.04 Å². The van der Waals surface area contributed by atoms with Crippen molar-refractivity contribution in [2.75, 3.05) is 0 Å². The smallest absolute Gasteiger partial charge is 0.287 e. The van der Waals surface area contributed by atoms with E-state index < -0.39 is 6.04 Å². The summed E-state index contributed by atoms with van der Waals surface area (Å²) in [4.78, 5) is 12.3. The van der Waals surface area contributed by atoms with Crippen molar-refractivity contribution in [1.82, 2.24) is 5.32 Å². The van der Waals surface area contributed by atoms with Gasteiger partial charge in [-0.15, -0.1) is 0 Å². The van der Waals surface area contributed by atoms with E-state index in [0.29, 0.717) is 0 Å². The molecule has 2 rings (SSSR count). The lowest BCUT2D eigenvalue weighted by Crippen LogP contribution is -2.49. The summed E-state index contributed by atoms with van der Waals surface area (Å²) < 4.78 is 5.44. The van der Waals surface area contributed by atoms with E-state index in [1.165, 1.54) is 6.42 Å². The second-order valence-corrected chi connectivity index (χ2v) is 5.49. The molecular formula is C15H23N3O3. The van der Waals surface area contributed by atoms with Gasteiger partial charge in [-0.2, -0.15) is 0 Å². The molecule has 1 saturated carbocycles. The van der Waals surface area contributed by atoms with Crippen molar-refractivity contribution in [3.05, 3.63) is 23.7 Å². The summed E-state index contributed by atoms with van der Waals surface area (Å²) >= 11 is 0. The molecule has 1 fully saturated rings. The predicted molar refractivity (Wildman–Crippen MR) is 79.3 cm³/mol. The molecule has 1 amide bonds. The van der Waals surface area contributed by atoms with Crippen LogP contribution in [0.1, 0.15) is 55.3 Å². The lowest BCUT2D eigenvalue weighted by atomic mass is 9.83. The van der Waals surface area contributed by atoms with Crippen LogP contribution in [0.25, 0.3) is 0 Å². The van der Waals surface area contributed by atoms with Gasteiger partial charge in [0.25, 0.3) is 5.91 Å². The number of amides is 1. The van der Waals surface area contributed by atoms with Crippen molar-refractivity contribution in [3.63, 3.8) is 0 Å². The van der Waals surface area contributed by atoms with Gasteiger partial charge < -0.3 is 20.7 Å². The molecule has 0 aliphatic heterocycles. The van der Waals surface area contributed by atoms with E-state index in [2.05, 4.69) is 10.5 Å². The number of nitrogens with zero attached hydrogens (tertiary/aromatic N) is 1. The highest BCUT2D eigenvalue weighted by atomic mass is 16.4. The first kappa shape index (κ1) is 15.4. The van der Waals surface area contributed by atoms with E-state index in [-0.39, 0.29) is 23.4 Å². The fourth-order valence-electron chi connectivity index (χ4n) is 2.87. The molecule has 21 heavy (non-hydrogen) atoms. The Labute approximate surface area is 124 Å². The molecular weight excluding hydrogens is 270 g/mol. The van der Waals surface area contributed by atoms with Crippen LogP contribution in [0.5, 0.6) is 0 Å². The van der Waals surface area contributed by atoms with Crippen LogP contribution in [0.15, 0.2) is 21.7 Å². The van der Waals surface area contributed by atoms with Gasteiger partial charge in [0.15, 0.2) is 11.6 Å². The highest BCUT2D eigenvalue weighted by Gasteiger charge is 2.29. The number of furan rings is 1. The molecule has 0 spiro atoms. The second-order valence-electron chi connectivity index (χ2n) is 5.49. The summed E-state index contributed by atoms with van der Waals surface area (Å²) in [6.45, 7) is 1.96. The molecule has 0 bridgehead atoms. The molecule has 1 aromatic heterocycles. The van der Waals surface area contributed by atoms with Gasteiger partial charge in [0, 0.05) is 6.42 Å². The maximum Gasteiger partial charge on any atom is 0.287 e. The first-order valence-corrected chi connectivity index (χ1v) is 7.52. The van der Waals surface area contributed by atoms with Crippen molar-refractivity contribution >= 4 is 11.7 Å². The van der Waals surface area contributed by atoms with Crippen LogP contribution in [-0.4, -0.2) is 23.0 Å². The van der Waals surface area contributed by atoms with Gasteiger partial charge in [-0.1, -0.05) is 31.3 Å². The Morgan fingerprint density at radius 1 is 1.48 bits per heavy atom. The molecule has 0 aromatic carbocycles. The number of carbonyl (C=O) groups excluding carboxylic acids is 1. The van der Waals surface area contributed by atoms with Crippen LogP contribution in [0.3, 0.4) is 0 Å². The number of carbonyl (C=O) groups is 1. The van der Waals surface area contributed by atoms with Crippen molar-refractivity contribution in [2.45, 2.75) is 51.5 Å². The number of rotatable bonds is 5. The molecule has 4 N–H and O–H groups in total. The SMILES string of the molecule is CCc1ccc(C(=O)NC(C(N)=NO)C2CCCCC2)o1. The van der Waals surface area contributed by atoms with E-state index in [1.54, 1.807) is 12.1 Å². The average Bonchev–Trinajstić information content (AvgIpc) is 3.01. The fourth-order valence-corrected chi connectivity index (χ4v) is 2.87. The van der Waals surface area contributed by atoms with Crippen LogP contribution in [-0.2, 0) is 6.42 Å². The standard InChI is InChI=1S/C15H23N3O3/c1-2-11-8-9-12(21-11)15(19)17-13(14(16)18-20)10-6-4-3-5-7-10/h8-10,13,20H,2-7H2,1H3,(H2,16,18)(H,17,19). The third-order valence-corrected chi connectivity index (χ3v) is 4.08. The van der Waals surface area contributed by atoms with Gasteiger partial charge >= 0.3 is 0 Å². The highest BCUT2D eigenvalue weighted by molar-refractivity contribution is 5.96. The molecule has 6 heteroatoms. The molecule has 116 valence electrons. The first-order valence-electron chi connectivity index (χ1n) is 7.52. The average molecular weight is 293 g/mol. The Bertz CT molecular complexity index is 504. The monoisotopic (exact) mass is 293 g/mol. The number of oxime groups is 1. The maximum atomic E-state index is 12.3. The molecule has 1 unspecified atom stereocenters. The summed E-state index contributed by atoms with van der Waals surface area (Å²) in [5.74, 6) is 0.963. The van der Waals surface area contributed by atoms with E-state index in [0.717, 1.165) is 37.9 Å². The Hall–Kier alpha value is -1.98. The lowest BCUT2D eigenvalue weighted by molar-refractivity contribution is 0.0901. The molecule has 1 atom stereocenters. The van der Waals surface area contributed by atoms with E-state index in [4.69, 9.17) is 15.4 Å². The van der Waals surface area contributed by atoms with Crippen LogP contribution in [0, 0.1) is 5.92 Å². The fraction of sp³-hybridized carbons (Fsp3) is 0.600. The van der Waals surface area contributed by atoms with Crippen LogP contribution >= 0.6 is 0 Å². The minimum atomic E-state index is -0.446. The minimum absolute atomic E-state index is 0.0533. The summed E-state index contributed by atoms with van der Waals surface area (Å²) in [5, 5.41) is 14.9. The second kappa shape index (κ2) is 7.15. The summed E-state index contributed by atoms with van der Waals surface area (Å²) in [6.07, 6.45) is 6.09. The Morgan fingerprint density at radius 3 is 2.76 bits per heavy atom. The summed E-state index contributed by atoms with van der Waals surface area (Å²) in [5.41, 5.74) is 5.76. The Balaban J connectivity index is 2.08. The van der Waals surface area contributed by atoms with Crippen LogP contribution in [0.2, 0.25) is 0 Å². The topological polar surface area (TPSA) is 101 Å². The van der Waals surface area contributed by atoms with Crippen molar-refractivity contribution in [2.24, 2.45) is 16.8 Å². The number of nitrogens with one attached hydrogen (secondary N) is 1. The molecule has 1 heterocycles. The van der Waals surface area contributed by atoms with Gasteiger partial charge in [-0.05, 0) is 30.9 Å². The first-order chi connectivity index (χ1) is 10.2. The van der Waals surface area contributed by atoms with Gasteiger partial charge in [-0.25, -0.2) is 0 Å². The zero-order valence-electron chi connectivity index (χ0n) is 12.3. The number of nitrogens with two attached hydrogens (primary N) is 1. The molecule has 1 aromatic rings. The molecule has 1 aliphatic carbocycles. The van der Waals surface area contributed by atoms with Crippen molar-refractivity contribution in [3.8, 4) is 0 Å².